The van der Waals surface area contributed by atoms with Gasteiger partial charge in [-0.05, 0) is 17.7 Å². The lowest BCUT2D eigenvalue weighted by molar-refractivity contribution is 0.0599. The molecule has 2 heterocycles. The van der Waals surface area contributed by atoms with E-state index >= 15 is 0 Å². The summed E-state index contributed by atoms with van der Waals surface area (Å²) in [5.74, 6) is -2.93. The number of imidazole rings is 1. The number of nitrogens with zero attached hydrogens (tertiary/aromatic N) is 3. The maximum atomic E-state index is 12.3. The molecule has 1 amide bonds. The van der Waals surface area contributed by atoms with Gasteiger partial charge in [-0.15, -0.1) is 0 Å². The molecule has 0 bridgehead atoms. The maximum Gasteiger partial charge on any atom is 0.353 e. The van der Waals surface area contributed by atoms with Crippen molar-refractivity contribution in [2.45, 2.75) is 6.54 Å². The average molecular weight is 370 g/mol. The van der Waals surface area contributed by atoms with E-state index in [9.17, 15) is 24.6 Å². The number of amides is 1. The second-order valence-corrected chi connectivity index (χ2v) is 5.45. The van der Waals surface area contributed by atoms with Gasteiger partial charge in [0.1, 0.15) is 11.4 Å². The zero-order valence-corrected chi connectivity index (χ0v) is 14.0. The Balaban J connectivity index is 1.78. The van der Waals surface area contributed by atoms with E-state index in [0.29, 0.717) is 11.1 Å². The van der Waals surface area contributed by atoms with Crippen LogP contribution in [0.4, 0.5) is 0 Å². The van der Waals surface area contributed by atoms with E-state index in [-0.39, 0.29) is 23.7 Å². The van der Waals surface area contributed by atoms with Crippen LogP contribution < -0.4 is 5.32 Å². The number of fused-ring (bicyclic) bond motifs is 1. The molecule has 10 heteroatoms. The van der Waals surface area contributed by atoms with Crippen molar-refractivity contribution >= 4 is 23.6 Å². The molecule has 3 N–H and O–H groups in total. The molecule has 0 saturated heterocycles. The van der Waals surface area contributed by atoms with Crippen molar-refractivity contribution in [3.05, 3.63) is 59.0 Å². The molecule has 0 fully saturated rings. The summed E-state index contributed by atoms with van der Waals surface area (Å²) in [6.07, 6.45) is 1.04. The zero-order chi connectivity index (χ0) is 19.6. The lowest BCUT2D eigenvalue weighted by Crippen LogP contribution is -2.25. The Bertz CT molecular complexity index is 1040. The Kier molecular flexibility index (Phi) is 4.71. The summed E-state index contributed by atoms with van der Waals surface area (Å²) in [7, 11) is 1.28. The summed E-state index contributed by atoms with van der Waals surface area (Å²) in [5.41, 5.74) is 0.596. The molecule has 27 heavy (non-hydrogen) atoms. The first-order chi connectivity index (χ1) is 12.9. The molecule has 0 saturated carbocycles. The molecule has 0 aliphatic heterocycles. The van der Waals surface area contributed by atoms with E-state index in [2.05, 4.69) is 20.0 Å². The minimum absolute atomic E-state index is 0.111. The van der Waals surface area contributed by atoms with Crippen molar-refractivity contribution in [1.82, 2.24) is 19.7 Å². The van der Waals surface area contributed by atoms with Gasteiger partial charge in [0.2, 0.25) is 11.7 Å². The van der Waals surface area contributed by atoms with Crippen LogP contribution in [0.15, 0.2) is 36.5 Å². The Hall–Kier alpha value is -3.95. The molecule has 10 nitrogen and oxygen atoms in total. The SMILES string of the molecule is COC(=O)c1ccc(CNC(=O)c2cc(C(=O)O)n3c(O)cnc3n2)cc1. The average Bonchev–Trinajstić information content (AvgIpc) is 3.06. The Labute approximate surface area is 152 Å². The van der Waals surface area contributed by atoms with Gasteiger partial charge in [-0.3, -0.25) is 4.79 Å². The number of esters is 1. The zero-order valence-electron chi connectivity index (χ0n) is 14.0. The van der Waals surface area contributed by atoms with E-state index < -0.39 is 23.7 Å². The number of nitrogens with one attached hydrogen (secondary N) is 1. The number of benzene rings is 1. The molecule has 0 unspecified atom stereocenters. The van der Waals surface area contributed by atoms with Gasteiger partial charge in [0, 0.05) is 12.6 Å². The van der Waals surface area contributed by atoms with Gasteiger partial charge < -0.3 is 20.3 Å². The molecule has 3 aromatic rings. The van der Waals surface area contributed by atoms with Crippen LogP contribution in [-0.4, -0.2) is 49.5 Å². The van der Waals surface area contributed by atoms with Crippen molar-refractivity contribution < 1.29 is 29.3 Å². The minimum Gasteiger partial charge on any atom is -0.493 e. The van der Waals surface area contributed by atoms with Crippen molar-refractivity contribution in [1.29, 1.82) is 0 Å². The molecule has 0 aliphatic carbocycles. The third-order valence-corrected chi connectivity index (χ3v) is 3.74. The molecule has 0 radical (unpaired) electrons. The van der Waals surface area contributed by atoms with Crippen LogP contribution in [0.3, 0.4) is 0 Å². The van der Waals surface area contributed by atoms with Gasteiger partial charge in [-0.2, -0.15) is 0 Å². The van der Waals surface area contributed by atoms with Gasteiger partial charge in [0.15, 0.2) is 0 Å². The van der Waals surface area contributed by atoms with Crippen LogP contribution in [0.25, 0.3) is 5.78 Å². The number of methoxy groups -OCH3 is 1. The van der Waals surface area contributed by atoms with Gasteiger partial charge in [0.05, 0.1) is 18.9 Å². The van der Waals surface area contributed by atoms with E-state index in [1.165, 1.54) is 7.11 Å². The predicted molar refractivity (Wildman–Crippen MR) is 90.6 cm³/mol. The quantitative estimate of drug-likeness (QED) is 0.561. The van der Waals surface area contributed by atoms with Crippen molar-refractivity contribution in [3.8, 4) is 5.88 Å². The van der Waals surface area contributed by atoms with Gasteiger partial charge in [-0.25, -0.2) is 24.0 Å². The second kappa shape index (κ2) is 7.12. The first-order valence-corrected chi connectivity index (χ1v) is 7.67. The van der Waals surface area contributed by atoms with Crippen LogP contribution >= 0.6 is 0 Å². The standard InChI is InChI=1S/C17H14N4O6/c1-27-16(26)10-4-2-9(3-5-10)7-18-14(23)11-6-12(15(24)25)21-13(22)8-19-17(21)20-11/h2-6,8,22H,7H2,1H3,(H,18,23)(H,24,25). The number of hydrogen-bond acceptors (Lipinski definition) is 7. The molecule has 3 rings (SSSR count). The monoisotopic (exact) mass is 370 g/mol. The summed E-state index contributed by atoms with van der Waals surface area (Å²) in [6.45, 7) is 0.134. The van der Waals surface area contributed by atoms with Gasteiger partial charge >= 0.3 is 11.9 Å². The number of carbonyl (C=O) groups excluding carboxylic acids is 2. The predicted octanol–water partition coefficient (Wildman–Crippen LogP) is 0.850. The lowest BCUT2D eigenvalue weighted by atomic mass is 10.1. The second-order valence-electron chi connectivity index (χ2n) is 5.45. The fourth-order valence-electron chi connectivity index (χ4n) is 2.40. The van der Waals surface area contributed by atoms with E-state index in [1.54, 1.807) is 24.3 Å². The maximum absolute atomic E-state index is 12.3. The molecule has 0 spiro atoms. The third kappa shape index (κ3) is 3.54. The summed E-state index contributed by atoms with van der Waals surface area (Å²) >= 11 is 0. The van der Waals surface area contributed by atoms with Crippen LogP contribution in [0, 0.1) is 0 Å². The topological polar surface area (TPSA) is 143 Å². The van der Waals surface area contributed by atoms with Crippen LogP contribution in [0.1, 0.15) is 36.9 Å². The first-order valence-electron chi connectivity index (χ1n) is 7.67. The number of aromatic nitrogens is 3. The van der Waals surface area contributed by atoms with Crippen molar-refractivity contribution in [3.63, 3.8) is 0 Å². The first kappa shape index (κ1) is 17.9. The highest BCUT2D eigenvalue weighted by molar-refractivity contribution is 5.96. The number of carboxylic acids is 1. The Morgan fingerprint density at radius 2 is 1.93 bits per heavy atom. The van der Waals surface area contributed by atoms with Gasteiger partial charge in [-0.1, -0.05) is 12.1 Å². The van der Waals surface area contributed by atoms with E-state index in [1.807, 2.05) is 0 Å². The number of aromatic carboxylic acids is 1. The molecule has 0 aliphatic rings. The molecule has 1 aromatic carbocycles. The van der Waals surface area contributed by atoms with Crippen molar-refractivity contribution in [2.75, 3.05) is 7.11 Å². The number of rotatable bonds is 5. The highest BCUT2D eigenvalue weighted by Gasteiger charge is 2.19. The molecule has 138 valence electrons. The van der Waals surface area contributed by atoms with E-state index in [4.69, 9.17) is 0 Å². The fraction of sp³-hybridized carbons (Fsp3) is 0.118. The van der Waals surface area contributed by atoms with Crippen LogP contribution in [-0.2, 0) is 11.3 Å². The Morgan fingerprint density at radius 3 is 2.56 bits per heavy atom. The summed E-state index contributed by atoms with van der Waals surface area (Å²) in [4.78, 5) is 42.8. The molecule has 0 atom stereocenters. The van der Waals surface area contributed by atoms with Gasteiger partial charge in [0.25, 0.3) is 5.91 Å². The number of hydrogen-bond donors (Lipinski definition) is 3. The number of carbonyl (C=O) groups is 3. The van der Waals surface area contributed by atoms with Crippen molar-refractivity contribution in [2.24, 2.45) is 0 Å². The summed E-state index contributed by atoms with van der Waals surface area (Å²) in [5, 5.41) is 21.5. The van der Waals surface area contributed by atoms with Crippen LogP contribution in [0.5, 0.6) is 5.88 Å². The minimum atomic E-state index is -1.34. The third-order valence-electron chi connectivity index (χ3n) is 3.74. The molecular formula is C17H14N4O6. The van der Waals surface area contributed by atoms with Crippen LogP contribution in [0.2, 0.25) is 0 Å². The number of aromatic hydroxyl groups is 1. The van der Waals surface area contributed by atoms with E-state index in [0.717, 1.165) is 16.7 Å². The summed E-state index contributed by atoms with van der Waals surface area (Å²) in [6, 6.07) is 7.48. The normalized spacial score (nSPS) is 10.6. The molecular weight excluding hydrogens is 356 g/mol. The summed E-state index contributed by atoms with van der Waals surface area (Å²) < 4.78 is 5.53. The number of carboxylic acid groups (broad SMARTS) is 1. The lowest BCUT2D eigenvalue weighted by Gasteiger charge is -2.08. The molecule has 2 aromatic heterocycles. The highest BCUT2D eigenvalue weighted by Crippen LogP contribution is 2.16. The Morgan fingerprint density at radius 1 is 1.22 bits per heavy atom. The fourth-order valence-corrected chi connectivity index (χ4v) is 2.40. The largest absolute Gasteiger partial charge is 0.493 e. The smallest absolute Gasteiger partial charge is 0.353 e. The number of ether oxygens (including phenoxy) is 1. The highest BCUT2D eigenvalue weighted by atomic mass is 16.5.